The third kappa shape index (κ3) is 6.05. The molecule has 2 N–H and O–H groups in total. The van der Waals surface area contributed by atoms with Crippen LogP contribution in [0.15, 0.2) is 0 Å². The van der Waals surface area contributed by atoms with Gasteiger partial charge in [-0.1, -0.05) is 13.8 Å². The van der Waals surface area contributed by atoms with Gasteiger partial charge in [0, 0.05) is 13.1 Å². The summed E-state index contributed by atoms with van der Waals surface area (Å²) in [7, 11) is 0. The molecule has 3 nitrogen and oxygen atoms in total. The van der Waals surface area contributed by atoms with E-state index in [0.29, 0.717) is 0 Å². The van der Waals surface area contributed by atoms with E-state index in [4.69, 9.17) is 5.73 Å². The van der Waals surface area contributed by atoms with Crippen molar-refractivity contribution in [3.05, 3.63) is 0 Å². The van der Waals surface area contributed by atoms with Crippen LogP contribution in [0.5, 0.6) is 0 Å². The molecule has 0 fully saturated rings. The van der Waals surface area contributed by atoms with E-state index in [1.807, 2.05) is 11.2 Å². The molecule has 0 spiro atoms. The standard InChI is InChI=1S/C11H24N2OS/c1-4-7-13(8-5-2)11(14)10(12)6-9-15-3/h10H,4-9,12H2,1-3H3/t10-/m1/s1. The highest BCUT2D eigenvalue weighted by Gasteiger charge is 2.18. The van der Waals surface area contributed by atoms with E-state index in [1.165, 1.54) is 0 Å². The average molecular weight is 232 g/mol. The molecule has 0 radical (unpaired) electrons. The Morgan fingerprint density at radius 3 is 2.27 bits per heavy atom. The molecule has 0 aromatic carbocycles. The summed E-state index contributed by atoms with van der Waals surface area (Å²) in [5, 5.41) is 0. The Balaban J connectivity index is 4.08. The number of thioether (sulfide) groups is 1. The van der Waals surface area contributed by atoms with Crippen LogP contribution in [-0.4, -0.2) is 41.9 Å². The minimum Gasteiger partial charge on any atom is -0.341 e. The molecule has 0 rings (SSSR count). The minimum absolute atomic E-state index is 0.118. The number of nitrogens with two attached hydrogens (primary N) is 1. The van der Waals surface area contributed by atoms with Gasteiger partial charge in [-0.2, -0.15) is 11.8 Å². The summed E-state index contributed by atoms with van der Waals surface area (Å²) in [5.41, 5.74) is 5.86. The van der Waals surface area contributed by atoms with Crippen molar-refractivity contribution in [1.29, 1.82) is 0 Å². The highest BCUT2D eigenvalue weighted by molar-refractivity contribution is 7.98. The first-order valence-electron chi connectivity index (χ1n) is 5.70. The molecule has 0 aliphatic rings. The Hall–Kier alpha value is -0.220. The fourth-order valence-corrected chi connectivity index (χ4v) is 1.96. The van der Waals surface area contributed by atoms with Crippen molar-refractivity contribution >= 4 is 17.7 Å². The quantitative estimate of drug-likeness (QED) is 0.693. The minimum atomic E-state index is -0.310. The molecule has 0 aromatic heterocycles. The maximum atomic E-state index is 11.9. The van der Waals surface area contributed by atoms with E-state index in [0.717, 1.165) is 38.1 Å². The first-order chi connectivity index (χ1) is 7.17. The molecule has 4 heteroatoms. The molecule has 15 heavy (non-hydrogen) atoms. The van der Waals surface area contributed by atoms with Gasteiger partial charge in [-0.25, -0.2) is 0 Å². The second-order valence-electron chi connectivity index (χ2n) is 3.71. The second kappa shape index (κ2) is 9.04. The molecule has 1 amide bonds. The molecule has 0 aromatic rings. The lowest BCUT2D eigenvalue weighted by atomic mass is 10.2. The van der Waals surface area contributed by atoms with Crippen LogP contribution in [0.1, 0.15) is 33.1 Å². The lowest BCUT2D eigenvalue weighted by molar-refractivity contribution is -0.132. The van der Waals surface area contributed by atoms with Crippen molar-refractivity contribution in [1.82, 2.24) is 4.90 Å². The molecule has 90 valence electrons. The maximum absolute atomic E-state index is 11.9. The van der Waals surface area contributed by atoms with Crippen LogP contribution in [-0.2, 0) is 4.79 Å². The summed E-state index contributed by atoms with van der Waals surface area (Å²) in [6.45, 7) is 5.84. The lowest BCUT2D eigenvalue weighted by Gasteiger charge is -2.24. The van der Waals surface area contributed by atoms with Gasteiger partial charge in [0.1, 0.15) is 0 Å². The third-order valence-corrected chi connectivity index (χ3v) is 2.89. The highest BCUT2D eigenvalue weighted by Crippen LogP contribution is 2.04. The van der Waals surface area contributed by atoms with Gasteiger partial charge in [0.2, 0.25) is 5.91 Å². The number of carbonyl (C=O) groups excluding carboxylic acids is 1. The smallest absolute Gasteiger partial charge is 0.239 e. The molecule has 0 heterocycles. The second-order valence-corrected chi connectivity index (χ2v) is 4.70. The first kappa shape index (κ1) is 14.8. The summed E-state index contributed by atoms with van der Waals surface area (Å²) >= 11 is 1.74. The van der Waals surface area contributed by atoms with Crippen LogP contribution in [0.2, 0.25) is 0 Å². The number of rotatable bonds is 8. The van der Waals surface area contributed by atoms with E-state index in [2.05, 4.69) is 13.8 Å². The molecule has 1 atom stereocenters. The fraction of sp³-hybridized carbons (Fsp3) is 0.909. The van der Waals surface area contributed by atoms with Crippen molar-refractivity contribution in [2.24, 2.45) is 5.73 Å². The number of amides is 1. The Morgan fingerprint density at radius 2 is 1.87 bits per heavy atom. The summed E-state index contributed by atoms with van der Waals surface area (Å²) in [4.78, 5) is 13.8. The molecule has 0 saturated carbocycles. The van der Waals surface area contributed by atoms with Gasteiger partial charge in [-0.05, 0) is 31.3 Å². The van der Waals surface area contributed by atoms with Crippen LogP contribution in [0.25, 0.3) is 0 Å². The van der Waals surface area contributed by atoms with Crippen LogP contribution in [0, 0.1) is 0 Å². The van der Waals surface area contributed by atoms with Crippen LogP contribution in [0.4, 0.5) is 0 Å². The Labute approximate surface area is 97.8 Å². The van der Waals surface area contributed by atoms with E-state index in [1.54, 1.807) is 11.8 Å². The van der Waals surface area contributed by atoms with Gasteiger partial charge in [0.25, 0.3) is 0 Å². The Bertz CT molecular complexity index is 170. The van der Waals surface area contributed by atoms with Crippen molar-refractivity contribution in [2.75, 3.05) is 25.1 Å². The van der Waals surface area contributed by atoms with Crippen LogP contribution >= 0.6 is 11.8 Å². The zero-order chi connectivity index (χ0) is 11.7. The molecule has 0 aliphatic carbocycles. The normalized spacial score (nSPS) is 12.5. The topological polar surface area (TPSA) is 46.3 Å². The molecule has 0 aliphatic heterocycles. The number of hydrogen-bond donors (Lipinski definition) is 1. The van der Waals surface area contributed by atoms with E-state index in [-0.39, 0.29) is 11.9 Å². The zero-order valence-electron chi connectivity index (χ0n) is 10.2. The summed E-state index contributed by atoms with van der Waals surface area (Å²) < 4.78 is 0. The molecule has 0 saturated heterocycles. The largest absolute Gasteiger partial charge is 0.341 e. The number of nitrogens with zero attached hydrogens (tertiary/aromatic N) is 1. The fourth-order valence-electron chi connectivity index (χ4n) is 1.47. The van der Waals surface area contributed by atoms with E-state index in [9.17, 15) is 4.79 Å². The summed E-state index contributed by atoms with van der Waals surface area (Å²) in [6, 6.07) is -0.310. The lowest BCUT2D eigenvalue weighted by Crippen LogP contribution is -2.44. The molecule has 0 unspecified atom stereocenters. The SMILES string of the molecule is CCCN(CCC)C(=O)[C@H](N)CCSC. The molecule has 0 bridgehead atoms. The van der Waals surface area contributed by atoms with Gasteiger partial charge >= 0.3 is 0 Å². The van der Waals surface area contributed by atoms with Crippen molar-refractivity contribution < 1.29 is 4.79 Å². The Morgan fingerprint density at radius 1 is 1.33 bits per heavy atom. The van der Waals surface area contributed by atoms with E-state index < -0.39 is 0 Å². The monoisotopic (exact) mass is 232 g/mol. The highest BCUT2D eigenvalue weighted by atomic mass is 32.2. The van der Waals surface area contributed by atoms with Gasteiger partial charge in [-0.3, -0.25) is 4.79 Å². The number of carbonyl (C=O) groups is 1. The summed E-state index contributed by atoms with van der Waals surface area (Å²) in [5.74, 6) is 1.08. The van der Waals surface area contributed by atoms with Crippen LogP contribution < -0.4 is 5.73 Å². The van der Waals surface area contributed by atoms with Crippen LogP contribution in [0.3, 0.4) is 0 Å². The maximum Gasteiger partial charge on any atom is 0.239 e. The van der Waals surface area contributed by atoms with Gasteiger partial charge < -0.3 is 10.6 Å². The predicted molar refractivity (Wildman–Crippen MR) is 68.1 cm³/mol. The molecular weight excluding hydrogens is 208 g/mol. The number of hydrogen-bond acceptors (Lipinski definition) is 3. The van der Waals surface area contributed by atoms with Gasteiger partial charge in [0.15, 0.2) is 0 Å². The first-order valence-corrected chi connectivity index (χ1v) is 7.10. The Kier molecular flexibility index (Phi) is 8.91. The predicted octanol–water partition coefficient (Wildman–Crippen LogP) is 1.72. The average Bonchev–Trinajstić information content (AvgIpc) is 2.24. The van der Waals surface area contributed by atoms with Crippen molar-refractivity contribution in [3.63, 3.8) is 0 Å². The van der Waals surface area contributed by atoms with Gasteiger partial charge in [-0.15, -0.1) is 0 Å². The zero-order valence-corrected chi connectivity index (χ0v) is 11.0. The summed E-state index contributed by atoms with van der Waals surface area (Å²) in [6.07, 6.45) is 4.82. The molecular formula is C11H24N2OS. The van der Waals surface area contributed by atoms with Crippen molar-refractivity contribution in [2.45, 2.75) is 39.2 Å². The van der Waals surface area contributed by atoms with Gasteiger partial charge in [0.05, 0.1) is 6.04 Å². The van der Waals surface area contributed by atoms with Crippen molar-refractivity contribution in [3.8, 4) is 0 Å². The van der Waals surface area contributed by atoms with E-state index >= 15 is 0 Å². The third-order valence-electron chi connectivity index (χ3n) is 2.25.